The summed E-state index contributed by atoms with van der Waals surface area (Å²) in [5.41, 5.74) is 4.22. The van der Waals surface area contributed by atoms with Crippen LogP contribution >= 0.6 is 0 Å². The Morgan fingerprint density at radius 1 is 1.42 bits per heavy atom. The number of aromatic nitrogens is 1. The van der Waals surface area contributed by atoms with Crippen LogP contribution in [-0.2, 0) is 11.2 Å². The van der Waals surface area contributed by atoms with Crippen molar-refractivity contribution in [1.82, 2.24) is 14.8 Å². The Kier molecular flexibility index (Phi) is 2.97. The molecule has 126 valence electrons. The second-order valence-electron chi connectivity index (χ2n) is 6.65. The third-order valence-corrected chi connectivity index (χ3v) is 5.41. The van der Waals surface area contributed by atoms with Gasteiger partial charge < -0.3 is 9.88 Å². The SMILES string of the molecule is [2H]C([2H])([2H])N1CC(C(=O)N(CC)CC)C=C2c3cccc4[nH]cc(c34)CC21. The molecule has 0 spiro atoms. The van der Waals surface area contributed by atoms with Gasteiger partial charge in [-0.15, -0.1) is 0 Å². The molecule has 0 fully saturated rings. The van der Waals surface area contributed by atoms with E-state index >= 15 is 0 Å². The van der Waals surface area contributed by atoms with Gasteiger partial charge in [0.25, 0.3) is 0 Å². The van der Waals surface area contributed by atoms with E-state index in [1.807, 2.05) is 44.3 Å². The number of aromatic amines is 1. The van der Waals surface area contributed by atoms with Gasteiger partial charge in [-0.1, -0.05) is 18.2 Å². The van der Waals surface area contributed by atoms with Gasteiger partial charge in [0, 0.05) is 46.9 Å². The molecule has 1 aromatic carbocycles. The lowest BCUT2D eigenvalue weighted by Crippen LogP contribution is -2.47. The summed E-state index contributed by atoms with van der Waals surface area (Å²) in [5.74, 6) is -0.431. The van der Waals surface area contributed by atoms with Crippen LogP contribution in [0, 0.1) is 5.92 Å². The Balaban J connectivity index is 1.85. The molecule has 2 aliphatic rings. The number of likely N-dealkylation sites (N-methyl/N-ethyl adjacent to an activating group) is 1. The zero-order chi connectivity index (χ0) is 19.3. The van der Waals surface area contributed by atoms with Gasteiger partial charge in [0.1, 0.15) is 0 Å². The number of hydrogen-bond donors (Lipinski definition) is 1. The maximum absolute atomic E-state index is 13.0. The number of carbonyl (C=O) groups excluding carboxylic acids is 1. The predicted molar refractivity (Wildman–Crippen MR) is 97.8 cm³/mol. The predicted octanol–water partition coefficient (Wildman–Crippen LogP) is 2.91. The Morgan fingerprint density at radius 3 is 3.00 bits per heavy atom. The van der Waals surface area contributed by atoms with Crippen LogP contribution in [0.5, 0.6) is 0 Å². The van der Waals surface area contributed by atoms with Crippen molar-refractivity contribution < 1.29 is 8.91 Å². The summed E-state index contributed by atoms with van der Waals surface area (Å²) >= 11 is 0. The van der Waals surface area contributed by atoms with Gasteiger partial charge in [-0.25, -0.2) is 0 Å². The van der Waals surface area contributed by atoms with E-state index in [0.29, 0.717) is 19.5 Å². The first-order valence-electron chi connectivity index (χ1n) is 10.2. The standard InChI is InChI=1S/C20H25N3O/c1-4-23(5-2)20(24)14-9-16-15-7-6-8-17-19(15)13(11-21-17)10-18(16)22(3)12-14/h6-9,11,14,18,21H,4-5,10,12H2,1-3H3/i3D3. The quantitative estimate of drug-likeness (QED) is 0.942. The average molecular weight is 326 g/mol. The minimum atomic E-state index is -2.24. The van der Waals surface area contributed by atoms with E-state index in [-0.39, 0.29) is 18.5 Å². The lowest BCUT2D eigenvalue weighted by Gasteiger charge is -2.40. The number of amides is 1. The van der Waals surface area contributed by atoms with E-state index in [1.165, 1.54) is 0 Å². The van der Waals surface area contributed by atoms with Gasteiger partial charge in [-0.3, -0.25) is 9.69 Å². The summed E-state index contributed by atoms with van der Waals surface area (Å²) in [5, 5.41) is 1.15. The van der Waals surface area contributed by atoms with Crippen molar-refractivity contribution in [1.29, 1.82) is 0 Å². The molecule has 4 nitrogen and oxygen atoms in total. The second-order valence-corrected chi connectivity index (χ2v) is 6.65. The molecule has 1 aliphatic heterocycles. The number of benzene rings is 1. The van der Waals surface area contributed by atoms with Crippen molar-refractivity contribution in [2.45, 2.75) is 26.3 Å². The molecule has 1 amide bonds. The van der Waals surface area contributed by atoms with Crippen molar-refractivity contribution in [2.75, 3.05) is 26.6 Å². The number of carbonyl (C=O) groups is 1. The van der Waals surface area contributed by atoms with Gasteiger partial charge in [0.15, 0.2) is 0 Å². The lowest BCUT2D eigenvalue weighted by molar-refractivity contribution is -0.134. The molecule has 4 rings (SSSR count). The molecule has 2 atom stereocenters. The van der Waals surface area contributed by atoms with Crippen molar-refractivity contribution >= 4 is 22.4 Å². The van der Waals surface area contributed by atoms with Gasteiger partial charge in [0.05, 0.1) is 5.92 Å². The first-order valence-corrected chi connectivity index (χ1v) is 8.71. The molecule has 0 saturated heterocycles. The number of rotatable bonds is 3. The summed E-state index contributed by atoms with van der Waals surface area (Å²) in [6, 6.07) is 5.83. The van der Waals surface area contributed by atoms with Crippen LogP contribution < -0.4 is 0 Å². The minimum Gasteiger partial charge on any atom is -0.361 e. The van der Waals surface area contributed by atoms with E-state index in [1.54, 1.807) is 9.80 Å². The van der Waals surface area contributed by atoms with E-state index in [9.17, 15) is 4.79 Å². The third-order valence-electron chi connectivity index (χ3n) is 5.41. The average Bonchev–Trinajstić information content (AvgIpc) is 3.05. The second kappa shape index (κ2) is 5.78. The summed E-state index contributed by atoms with van der Waals surface area (Å²) in [7, 11) is 0. The summed E-state index contributed by atoms with van der Waals surface area (Å²) in [4.78, 5) is 19.6. The Bertz CT molecular complexity index is 911. The summed E-state index contributed by atoms with van der Waals surface area (Å²) < 4.78 is 24.2. The molecular weight excluding hydrogens is 298 g/mol. The van der Waals surface area contributed by atoms with Crippen LogP contribution in [0.1, 0.15) is 29.1 Å². The number of fused-ring (bicyclic) bond motifs is 2. The number of H-pyrrole nitrogens is 1. The Hall–Kier alpha value is -2.07. The fraction of sp³-hybridized carbons (Fsp3) is 0.450. The number of hydrogen-bond acceptors (Lipinski definition) is 2. The van der Waals surface area contributed by atoms with Crippen LogP contribution in [0.4, 0.5) is 0 Å². The molecule has 0 bridgehead atoms. The highest BCUT2D eigenvalue weighted by molar-refractivity contribution is 5.99. The van der Waals surface area contributed by atoms with E-state index < -0.39 is 12.9 Å². The van der Waals surface area contributed by atoms with Gasteiger partial charge >= 0.3 is 0 Å². The zero-order valence-electron chi connectivity index (χ0n) is 17.2. The van der Waals surface area contributed by atoms with Crippen LogP contribution in [0.25, 0.3) is 16.5 Å². The third kappa shape index (κ3) is 2.20. The molecule has 24 heavy (non-hydrogen) atoms. The van der Waals surface area contributed by atoms with Gasteiger partial charge in [-0.2, -0.15) is 0 Å². The summed E-state index contributed by atoms with van der Waals surface area (Å²) in [6.07, 6.45) is 4.65. The van der Waals surface area contributed by atoms with Crippen LogP contribution in [0.2, 0.25) is 0 Å². The highest BCUT2D eigenvalue weighted by Crippen LogP contribution is 2.40. The fourth-order valence-corrected chi connectivity index (χ4v) is 4.16. The van der Waals surface area contributed by atoms with Crippen molar-refractivity contribution in [3.05, 3.63) is 41.6 Å². The Labute approximate surface area is 147 Å². The monoisotopic (exact) mass is 326 g/mol. The smallest absolute Gasteiger partial charge is 0.230 e. The van der Waals surface area contributed by atoms with E-state index in [4.69, 9.17) is 4.11 Å². The summed E-state index contributed by atoms with van der Waals surface area (Å²) in [6.45, 7) is 3.15. The molecule has 4 heteroatoms. The van der Waals surface area contributed by atoms with Crippen molar-refractivity contribution in [3.8, 4) is 0 Å². The molecule has 1 aliphatic carbocycles. The van der Waals surface area contributed by atoms with E-state index in [0.717, 1.165) is 27.6 Å². The van der Waals surface area contributed by atoms with Gasteiger partial charge in [0.2, 0.25) is 5.91 Å². The topological polar surface area (TPSA) is 39.3 Å². The number of nitrogens with one attached hydrogen (secondary N) is 1. The molecular formula is C20H25N3O. The normalized spacial score (nSPS) is 25.4. The molecule has 1 N–H and O–H groups in total. The fourth-order valence-electron chi connectivity index (χ4n) is 4.16. The molecule has 0 saturated carbocycles. The van der Waals surface area contributed by atoms with Crippen molar-refractivity contribution in [2.24, 2.45) is 5.92 Å². The minimum absolute atomic E-state index is 0.00670. The van der Waals surface area contributed by atoms with Crippen LogP contribution in [0.15, 0.2) is 30.5 Å². The van der Waals surface area contributed by atoms with E-state index in [2.05, 4.69) is 4.98 Å². The molecule has 2 heterocycles. The Morgan fingerprint density at radius 2 is 2.25 bits per heavy atom. The molecule has 0 radical (unpaired) electrons. The molecule has 2 aromatic rings. The maximum Gasteiger partial charge on any atom is 0.230 e. The molecule has 1 aromatic heterocycles. The lowest BCUT2D eigenvalue weighted by atomic mass is 9.79. The number of nitrogens with zero attached hydrogens (tertiary/aromatic N) is 2. The van der Waals surface area contributed by atoms with Crippen molar-refractivity contribution in [3.63, 3.8) is 0 Å². The largest absolute Gasteiger partial charge is 0.361 e. The maximum atomic E-state index is 13.0. The first-order chi connectivity index (χ1) is 12.8. The van der Waals surface area contributed by atoms with Crippen LogP contribution in [-0.4, -0.2) is 53.3 Å². The highest BCUT2D eigenvalue weighted by Gasteiger charge is 2.36. The molecule has 2 unspecified atom stereocenters. The first kappa shape index (κ1) is 12.3. The van der Waals surface area contributed by atoms with Crippen LogP contribution in [0.3, 0.4) is 0 Å². The van der Waals surface area contributed by atoms with Gasteiger partial charge in [-0.05, 0) is 50.0 Å². The highest BCUT2D eigenvalue weighted by atomic mass is 16.2. The zero-order valence-corrected chi connectivity index (χ0v) is 14.2.